The Morgan fingerprint density at radius 2 is 1.89 bits per heavy atom. The third-order valence-corrected chi connectivity index (χ3v) is 5.80. The lowest BCUT2D eigenvalue weighted by Gasteiger charge is -2.31. The van der Waals surface area contributed by atoms with Gasteiger partial charge >= 0.3 is 0 Å². The fourth-order valence-corrected chi connectivity index (χ4v) is 4.37. The first-order valence-electron chi connectivity index (χ1n) is 9.45. The molecule has 4 heteroatoms. The third kappa shape index (κ3) is 2.91. The lowest BCUT2D eigenvalue weighted by molar-refractivity contribution is 0.242. The largest absolute Gasteiger partial charge is 0.491 e. The van der Waals surface area contributed by atoms with Gasteiger partial charge in [-0.3, -0.25) is 4.99 Å². The Morgan fingerprint density at radius 3 is 2.67 bits per heavy atom. The summed E-state index contributed by atoms with van der Waals surface area (Å²) in [6.07, 6.45) is 12.7. The minimum atomic E-state index is -0.168. The van der Waals surface area contributed by atoms with Gasteiger partial charge in [0.05, 0.1) is 12.1 Å². The molecule has 0 bridgehead atoms. The highest BCUT2D eigenvalue weighted by Gasteiger charge is 2.40. The van der Waals surface area contributed by atoms with Crippen LogP contribution in [-0.4, -0.2) is 28.3 Å². The van der Waals surface area contributed by atoms with Crippen molar-refractivity contribution in [2.24, 2.45) is 10.9 Å². The van der Waals surface area contributed by atoms with E-state index < -0.39 is 0 Å². The van der Waals surface area contributed by atoms with Crippen molar-refractivity contribution in [2.75, 3.05) is 6.61 Å². The molecule has 0 spiro atoms. The van der Waals surface area contributed by atoms with E-state index >= 15 is 0 Å². The number of hydrogen-bond acceptors (Lipinski definition) is 4. The summed E-state index contributed by atoms with van der Waals surface area (Å²) in [5.41, 5.74) is 3.62. The zero-order valence-electron chi connectivity index (χ0n) is 15.1. The van der Waals surface area contributed by atoms with Gasteiger partial charge in [-0.1, -0.05) is 42.5 Å². The van der Waals surface area contributed by atoms with E-state index in [-0.39, 0.29) is 5.54 Å². The molecular formula is C23H21N3O. The van der Waals surface area contributed by atoms with E-state index in [9.17, 15) is 0 Å². The second-order valence-corrected chi connectivity index (χ2v) is 7.32. The smallest absolute Gasteiger partial charge is 0.145 e. The van der Waals surface area contributed by atoms with E-state index in [0.29, 0.717) is 12.5 Å². The molecule has 1 aliphatic heterocycles. The van der Waals surface area contributed by atoms with Crippen LogP contribution in [0.5, 0.6) is 5.75 Å². The molecule has 0 radical (unpaired) electrons. The van der Waals surface area contributed by atoms with E-state index in [1.165, 1.54) is 11.1 Å². The molecule has 2 heterocycles. The highest BCUT2D eigenvalue weighted by molar-refractivity contribution is 5.83. The van der Waals surface area contributed by atoms with E-state index in [2.05, 4.69) is 46.4 Å². The monoisotopic (exact) mass is 355 g/mol. The van der Waals surface area contributed by atoms with Crippen LogP contribution in [0.2, 0.25) is 0 Å². The predicted octanol–water partition coefficient (Wildman–Crippen LogP) is 4.19. The number of ether oxygens (including phenoxy) is 1. The van der Waals surface area contributed by atoms with Crippen LogP contribution in [0, 0.1) is 5.92 Å². The normalized spacial score (nSPS) is 21.0. The highest BCUT2D eigenvalue weighted by Crippen LogP contribution is 2.40. The molecule has 2 aromatic carbocycles. The van der Waals surface area contributed by atoms with Crippen molar-refractivity contribution in [2.45, 2.75) is 24.8 Å². The maximum atomic E-state index is 6.14. The van der Waals surface area contributed by atoms with Crippen LogP contribution in [0.25, 0.3) is 10.9 Å². The molecule has 0 fully saturated rings. The molecule has 1 aromatic heterocycles. The Balaban J connectivity index is 1.33. The van der Waals surface area contributed by atoms with Crippen LogP contribution >= 0.6 is 0 Å². The minimum Gasteiger partial charge on any atom is -0.491 e. The maximum absolute atomic E-state index is 6.14. The second kappa shape index (κ2) is 6.62. The van der Waals surface area contributed by atoms with Gasteiger partial charge in [0.1, 0.15) is 17.6 Å². The minimum absolute atomic E-state index is 0.168. The SMILES string of the molecule is C1=CC(CCOc2cccc3cncnc23)(C2Cc3ccccc3C2)N=C1. The number of para-hydroxylation sites is 1. The first-order chi connectivity index (χ1) is 13.3. The van der Waals surface area contributed by atoms with Crippen molar-refractivity contribution in [1.82, 2.24) is 9.97 Å². The molecule has 5 rings (SSSR count). The van der Waals surface area contributed by atoms with Crippen molar-refractivity contribution in [3.63, 3.8) is 0 Å². The fraction of sp³-hybridized carbons (Fsp3) is 0.261. The number of rotatable bonds is 5. The van der Waals surface area contributed by atoms with Gasteiger partial charge < -0.3 is 4.74 Å². The maximum Gasteiger partial charge on any atom is 0.145 e. The van der Waals surface area contributed by atoms with E-state index in [1.54, 1.807) is 6.33 Å². The number of benzene rings is 2. The zero-order valence-corrected chi connectivity index (χ0v) is 15.1. The molecular weight excluding hydrogens is 334 g/mol. The Labute approximate surface area is 158 Å². The van der Waals surface area contributed by atoms with Crippen molar-refractivity contribution in [1.29, 1.82) is 0 Å². The lowest BCUT2D eigenvalue weighted by Crippen LogP contribution is -2.35. The van der Waals surface area contributed by atoms with Crippen LogP contribution in [-0.2, 0) is 12.8 Å². The van der Waals surface area contributed by atoms with Crippen molar-refractivity contribution < 1.29 is 4.74 Å². The van der Waals surface area contributed by atoms with Gasteiger partial charge in [-0.25, -0.2) is 9.97 Å². The van der Waals surface area contributed by atoms with Gasteiger partial charge in [0.25, 0.3) is 0 Å². The molecule has 2 aliphatic rings. The van der Waals surface area contributed by atoms with Gasteiger partial charge in [-0.15, -0.1) is 0 Å². The van der Waals surface area contributed by atoms with E-state index in [1.807, 2.05) is 30.6 Å². The van der Waals surface area contributed by atoms with Crippen LogP contribution in [0.15, 0.2) is 72.1 Å². The highest BCUT2D eigenvalue weighted by atomic mass is 16.5. The number of hydrogen-bond donors (Lipinski definition) is 0. The third-order valence-electron chi connectivity index (χ3n) is 5.80. The molecule has 1 unspecified atom stereocenters. The van der Waals surface area contributed by atoms with E-state index in [4.69, 9.17) is 9.73 Å². The Hall–Kier alpha value is -3.01. The number of allylic oxidation sites excluding steroid dienone is 1. The topological polar surface area (TPSA) is 47.4 Å². The quantitative estimate of drug-likeness (QED) is 0.689. The summed E-state index contributed by atoms with van der Waals surface area (Å²) in [6.45, 7) is 0.609. The molecule has 3 aromatic rings. The molecule has 134 valence electrons. The molecule has 1 atom stereocenters. The average molecular weight is 355 g/mol. The molecule has 0 saturated carbocycles. The van der Waals surface area contributed by atoms with Crippen molar-refractivity contribution in [3.05, 3.63) is 78.3 Å². The average Bonchev–Trinajstić information content (AvgIpc) is 3.36. The summed E-state index contributed by atoms with van der Waals surface area (Å²) in [5, 5.41) is 0.995. The van der Waals surface area contributed by atoms with Crippen molar-refractivity contribution in [3.8, 4) is 5.75 Å². The van der Waals surface area contributed by atoms with Gasteiger partial charge in [0.15, 0.2) is 0 Å². The zero-order chi connectivity index (χ0) is 18.1. The number of nitrogens with zero attached hydrogens (tertiary/aromatic N) is 3. The Kier molecular flexibility index (Phi) is 3.97. The van der Waals surface area contributed by atoms with Gasteiger partial charge in [-0.2, -0.15) is 0 Å². The van der Waals surface area contributed by atoms with Crippen molar-refractivity contribution >= 4 is 17.1 Å². The molecule has 0 amide bonds. The summed E-state index contributed by atoms with van der Waals surface area (Å²) >= 11 is 0. The lowest BCUT2D eigenvalue weighted by atomic mass is 9.80. The summed E-state index contributed by atoms with van der Waals surface area (Å²) in [6, 6.07) is 14.7. The van der Waals surface area contributed by atoms with Crippen LogP contribution in [0.4, 0.5) is 0 Å². The van der Waals surface area contributed by atoms with E-state index in [0.717, 1.165) is 35.9 Å². The summed E-state index contributed by atoms with van der Waals surface area (Å²) < 4.78 is 6.14. The first kappa shape index (κ1) is 16.2. The van der Waals surface area contributed by atoms with Gasteiger partial charge in [0, 0.05) is 24.2 Å². The summed E-state index contributed by atoms with van der Waals surface area (Å²) in [5.74, 6) is 1.30. The molecule has 0 N–H and O–H groups in total. The molecule has 0 saturated heterocycles. The Bertz CT molecular complexity index is 998. The fourth-order valence-electron chi connectivity index (χ4n) is 4.37. The number of aliphatic imine (C=N–C) groups is 1. The van der Waals surface area contributed by atoms with Gasteiger partial charge in [0.2, 0.25) is 0 Å². The molecule has 27 heavy (non-hydrogen) atoms. The Morgan fingerprint density at radius 1 is 1.04 bits per heavy atom. The molecule has 4 nitrogen and oxygen atoms in total. The first-order valence-corrected chi connectivity index (χ1v) is 9.45. The second-order valence-electron chi connectivity index (χ2n) is 7.32. The van der Waals surface area contributed by atoms with Crippen LogP contribution in [0.3, 0.4) is 0 Å². The summed E-state index contributed by atoms with van der Waals surface area (Å²) in [4.78, 5) is 13.3. The number of aromatic nitrogens is 2. The standard InChI is InChI=1S/C23H21N3O/c1-2-6-18-14-20(13-17(18)5-1)23(9-4-11-26-23)10-12-27-21-8-3-7-19-15-24-16-25-22(19)21/h1-9,11,15-16,20H,10,12-14H2. The van der Waals surface area contributed by atoms with Crippen LogP contribution < -0.4 is 4.74 Å². The summed E-state index contributed by atoms with van der Waals surface area (Å²) in [7, 11) is 0. The number of fused-ring (bicyclic) bond motifs is 2. The van der Waals surface area contributed by atoms with Crippen LogP contribution in [0.1, 0.15) is 17.5 Å². The predicted molar refractivity (Wildman–Crippen MR) is 107 cm³/mol. The molecule has 1 aliphatic carbocycles. The van der Waals surface area contributed by atoms with Gasteiger partial charge in [-0.05, 0) is 42.0 Å².